The zero-order valence-electron chi connectivity index (χ0n) is 11.2. The van der Waals surface area contributed by atoms with Gasteiger partial charge >= 0.3 is 6.09 Å². The van der Waals surface area contributed by atoms with Gasteiger partial charge in [0, 0.05) is 24.2 Å². The van der Waals surface area contributed by atoms with E-state index in [1.165, 1.54) is 30.2 Å². The van der Waals surface area contributed by atoms with Crippen molar-refractivity contribution >= 4 is 27.7 Å². The molecule has 1 heterocycles. The molecule has 1 fully saturated rings. The number of halogens is 1. The van der Waals surface area contributed by atoms with Crippen molar-refractivity contribution in [2.75, 3.05) is 20.2 Å². The van der Waals surface area contributed by atoms with Gasteiger partial charge < -0.3 is 14.7 Å². The molecule has 1 amide bonds. The Morgan fingerprint density at radius 3 is 2.81 bits per heavy atom. The zero-order valence-corrected chi connectivity index (χ0v) is 12.8. The van der Waals surface area contributed by atoms with Gasteiger partial charge in [-0.15, -0.1) is 0 Å². The number of nitrogens with zero attached hydrogens (tertiary/aromatic N) is 1. The zero-order chi connectivity index (χ0) is 15.6. The van der Waals surface area contributed by atoms with E-state index < -0.39 is 22.2 Å². The highest BCUT2D eigenvalue weighted by atomic mass is 35.5. The van der Waals surface area contributed by atoms with Crippen molar-refractivity contribution < 1.29 is 23.1 Å². The van der Waals surface area contributed by atoms with Gasteiger partial charge in [0.2, 0.25) is 10.0 Å². The van der Waals surface area contributed by atoms with Gasteiger partial charge in [-0.05, 0) is 24.6 Å². The van der Waals surface area contributed by atoms with Crippen LogP contribution in [0.2, 0.25) is 5.02 Å². The van der Waals surface area contributed by atoms with E-state index in [9.17, 15) is 13.2 Å². The Labute approximate surface area is 127 Å². The normalized spacial score (nSPS) is 18.8. The van der Waals surface area contributed by atoms with Crippen LogP contribution in [0, 0.1) is 0 Å². The van der Waals surface area contributed by atoms with Crippen LogP contribution in [0.25, 0.3) is 0 Å². The van der Waals surface area contributed by atoms with Gasteiger partial charge in [0.25, 0.3) is 0 Å². The van der Waals surface area contributed by atoms with Gasteiger partial charge in [-0.25, -0.2) is 17.9 Å². The van der Waals surface area contributed by atoms with Gasteiger partial charge in [0.15, 0.2) is 0 Å². The highest BCUT2D eigenvalue weighted by Crippen LogP contribution is 2.27. The molecule has 1 aromatic carbocycles. The number of hydrogen-bond acceptors (Lipinski definition) is 4. The summed E-state index contributed by atoms with van der Waals surface area (Å²) in [5.74, 6) is 0.181. The average Bonchev–Trinajstić information content (AvgIpc) is 2.86. The second-order valence-electron chi connectivity index (χ2n) is 4.63. The molecule has 0 spiro atoms. The predicted octanol–water partition coefficient (Wildman–Crippen LogP) is 1.38. The van der Waals surface area contributed by atoms with Crippen LogP contribution in [0.4, 0.5) is 4.79 Å². The van der Waals surface area contributed by atoms with E-state index in [0.717, 1.165) is 0 Å². The summed E-state index contributed by atoms with van der Waals surface area (Å²) < 4.78 is 32.3. The molecule has 0 saturated carbocycles. The van der Waals surface area contributed by atoms with Crippen LogP contribution in [0.1, 0.15) is 6.42 Å². The fraction of sp³-hybridized carbons (Fsp3) is 0.417. The van der Waals surface area contributed by atoms with E-state index in [4.69, 9.17) is 21.4 Å². The van der Waals surface area contributed by atoms with Gasteiger partial charge in [0.1, 0.15) is 10.6 Å². The molecule has 9 heteroatoms. The van der Waals surface area contributed by atoms with Crippen LogP contribution in [0.3, 0.4) is 0 Å². The first-order valence-corrected chi connectivity index (χ1v) is 8.03. The largest absolute Gasteiger partial charge is 0.495 e. The molecule has 1 aromatic rings. The summed E-state index contributed by atoms with van der Waals surface area (Å²) in [5, 5.41) is 9.15. The number of benzene rings is 1. The van der Waals surface area contributed by atoms with E-state index in [0.29, 0.717) is 13.0 Å². The molecule has 2 rings (SSSR count). The number of carboxylic acid groups (broad SMARTS) is 1. The number of rotatable bonds is 4. The third-order valence-corrected chi connectivity index (χ3v) is 4.97. The van der Waals surface area contributed by atoms with Crippen molar-refractivity contribution in [3.05, 3.63) is 23.2 Å². The Balaban J connectivity index is 2.20. The van der Waals surface area contributed by atoms with Gasteiger partial charge in [0.05, 0.1) is 7.11 Å². The monoisotopic (exact) mass is 334 g/mol. The first-order valence-electron chi connectivity index (χ1n) is 6.17. The molecule has 7 nitrogen and oxygen atoms in total. The minimum absolute atomic E-state index is 0.0636. The van der Waals surface area contributed by atoms with Crippen molar-refractivity contribution in [1.82, 2.24) is 9.62 Å². The summed E-state index contributed by atoms with van der Waals surface area (Å²) in [7, 11) is -2.47. The van der Waals surface area contributed by atoms with Crippen LogP contribution < -0.4 is 9.46 Å². The number of ether oxygens (including phenoxy) is 1. The maximum absolute atomic E-state index is 12.4. The number of nitrogens with one attached hydrogen (secondary N) is 1. The number of sulfonamides is 1. The molecule has 21 heavy (non-hydrogen) atoms. The van der Waals surface area contributed by atoms with E-state index in [2.05, 4.69) is 4.72 Å². The first kappa shape index (κ1) is 15.9. The second kappa shape index (κ2) is 6.08. The molecule has 0 radical (unpaired) electrons. The van der Waals surface area contributed by atoms with Crippen molar-refractivity contribution in [3.63, 3.8) is 0 Å². The summed E-state index contributed by atoms with van der Waals surface area (Å²) in [5.41, 5.74) is 0. The molecule has 0 bridgehead atoms. The minimum atomic E-state index is -3.84. The van der Waals surface area contributed by atoms with Gasteiger partial charge in [-0.3, -0.25) is 0 Å². The smallest absolute Gasteiger partial charge is 0.407 e. The van der Waals surface area contributed by atoms with Gasteiger partial charge in [-0.2, -0.15) is 0 Å². The fourth-order valence-corrected chi connectivity index (χ4v) is 3.87. The molecule has 0 unspecified atom stereocenters. The lowest BCUT2D eigenvalue weighted by atomic mass is 10.3. The molecular formula is C12H15ClN2O5S. The van der Waals surface area contributed by atoms with Crippen LogP contribution >= 0.6 is 11.6 Å². The molecule has 116 valence electrons. The maximum Gasteiger partial charge on any atom is 0.407 e. The number of likely N-dealkylation sites (tertiary alicyclic amines) is 1. The number of amides is 1. The molecule has 0 aromatic heterocycles. The average molecular weight is 335 g/mol. The van der Waals surface area contributed by atoms with Crippen molar-refractivity contribution in [1.29, 1.82) is 0 Å². The van der Waals surface area contributed by atoms with Crippen LogP contribution in [-0.4, -0.2) is 50.8 Å². The van der Waals surface area contributed by atoms with Crippen LogP contribution in [0.15, 0.2) is 23.1 Å². The highest BCUT2D eigenvalue weighted by molar-refractivity contribution is 7.89. The molecule has 1 aliphatic rings. The Hall–Kier alpha value is -1.51. The molecular weight excluding hydrogens is 320 g/mol. The Kier molecular flexibility index (Phi) is 4.60. The van der Waals surface area contributed by atoms with Gasteiger partial charge in [-0.1, -0.05) is 11.6 Å². The summed E-state index contributed by atoms with van der Waals surface area (Å²) in [4.78, 5) is 11.9. The summed E-state index contributed by atoms with van der Waals surface area (Å²) in [6.07, 6.45) is -0.633. The number of carbonyl (C=O) groups is 1. The summed E-state index contributed by atoms with van der Waals surface area (Å²) in [6.45, 7) is 0.423. The molecule has 1 atom stereocenters. The second-order valence-corrected chi connectivity index (χ2v) is 6.75. The Morgan fingerprint density at radius 1 is 1.52 bits per heavy atom. The maximum atomic E-state index is 12.4. The van der Waals surface area contributed by atoms with Crippen LogP contribution in [-0.2, 0) is 10.0 Å². The van der Waals surface area contributed by atoms with E-state index in [-0.39, 0.29) is 22.2 Å². The lowest BCUT2D eigenvalue weighted by molar-refractivity contribution is 0.155. The quantitative estimate of drug-likeness (QED) is 0.867. The van der Waals surface area contributed by atoms with Crippen molar-refractivity contribution in [2.24, 2.45) is 0 Å². The third-order valence-electron chi connectivity index (χ3n) is 3.20. The lowest BCUT2D eigenvalue weighted by Crippen LogP contribution is -2.38. The topological polar surface area (TPSA) is 95.9 Å². The SMILES string of the molecule is COc1ccc(Cl)cc1S(=O)(=O)N[C@@H]1CCN(C(=O)O)C1. The molecule has 1 aliphatic heterocycles. The predicted molar refractivity (Wildman–Crippen MR) is 76.3 cm³/mol. The third kappa shape index (κ3) is 3.58. The van der Waals surface area contributed by atoms with Crippen molar-refractivity contribution in [2.45, 2.75) is 17.4 Å². The van der Waals surface area contributed by atoms with E-state index in [1.807, 2.05) is 0 Å². The Bertz CT molecular complexity index is 649. The molecule has 0 aliphatic carbocycles. The van der Waals surface area contributed by atoms with Crippen LogP contribution in [0.5, 0.6) is 5.75 Å². The first-order chi connectivity index (χ1) is 9.83. The van der Waals surface area contributed by atoms with E-state index in [1.54, 1.807) is 0 Å². The fourth-order valence-electron chi connectivity index (χ4n) is 2.17. The summed E-state index contributed by atoms with van der Waals surface area (Å²) in [6, 6.07) is 3.83. The standard InChI is InChI=1S/C12H15ClN2O5S/c1-20-10-3-2-8(13)6-11(10)21(18,19)14-9-4-5-15(7-9)12(16)17/h2-3,6,9,14H,4-5,7H2,1H3,(H,16,17)/t9-/m1/s1. The minimum Gasteiger partial charge on any atom is -0.495 e. The van der Waals surface area contributed by atoms with Crippen molar-refractivity contribution in [3.8, 4) is 5.75 Å². The Morgan fingerprint density at radius 2 is 2.24 bits per heavy atom. The molecule has 2 N–H and O–H groups in total. The van der Waals surface area contributed by atoms with E-state index >= 15 is 0 Å². The molecule has 1 saturated heterocycles. The lowest BCUT2D eigenvalue weighted by Gasteiger charge is -2.15. The number of methoxy groups -OCH3 is 1. The number of hydrogen-bond donors (Lipinski definition) is 2. The highest BCUT2D eigenvalue weighted by Gasteiger charge is 2.30. The summed E-state index contributed by atoms with van der Waals surface area (Å²) >= 11 is 5.83.